The SMILES string of the molecule is Cc1cncc(NC(=NC(C)C)NN)c1. The predicted molar refractivity (Wildman–Crippen MR) is 62.5 cm³/mol. The number of pyridine rings is 1. The van der Waals surface area contributed by atoms with Gasteiger partial charge >= 0.3 is 0 Å². The fourth-order valence-electron chi connectivity index (χ4n) is 1.12. The average molecular weight is 207 g/mol. The van der Waals surface area contributed by atoms with Gasteiger partial charge in [0, 0.05) is 12.2 Å². The number of aromatic nitrogens is 1. The summed E-state index contributed by atoms with van der Waals surface area (Å²) in [6, 6.07) is 2.15. The standard InChI is InChI=1S/C10H17N5/c1-7(2)13-10(15-11)14-9-4-8(3)5-12-6-9/h4-7H,11H2,1-3H3,(H2,13,14,15). The van der Waals surface area contributed by atoms with Crippen molar-refractivity contribution in [1.82, 2.24) is 10.4 Å². The molecule has 0 bridgehead atoms. The van der Waals surface area contributed by atoms with Crippen molar-refractivity contribution in [3.63, 3.8) is 0 Å². The Morgan fingerprint density at radius 2 is 2.20 bits per heavy atom. The molecule has 0 saturated heterocycles. The molecule has 5 heteroatoms. The molecular formula is C10H17N5. The van der Waals surface area contributed by atoms with Gasteiger partial charge in [-0.05, 0) is 32.4 Å². The first kappa shape index (κ1) is 11.5. The number of nitrogens with two attached hydrogens (primary N) is 1. The number of nitrogens with one attached hydrogen (secondary N) is 2. The summed E-state index contributed by atoms with van der Waals surface area (Å²) in [5.74, 6) is 5.88. The van der Waals surface area contributed by atoms with Crippen LogP contribution in [-0.2, 0) is 0 Å². The summed E-state index contributed by atoms with van der Waals surface area (Å²) in [6.07, 6.45) is 3.51. The van der Waals surface area contributed by atoms with Crippen LogP contribution in [-0.4, -0.2) is 17.0 Å². The first-order valence-electron chi connectivity index (χ1n) is 4.85. The van der Waals surface area contributed by atoms with Crippen LogP contribution in [0, 0.1) is 6.92 Å². The van der Waals surface area contributed by atoms with Crippen molar-refractivity contribution in [3.05, 3.63) is 24.0 Å². The van der Waals surface area contributed by atoms with Crippen molar-refractivity contribution in [3.8, 4) is 0 Å². The number of hydrazine groups is 1. The quantitative estimate of drug-likeness (QED) is 0.293. The molecule has 1 aromatic heterocycles. The van der Waals surface area contributed by atoms with Gasteiger partial charge in [0.1, 0.15) is 0 Å². The minimum atomic E-state index is 0.182. The van der Waals surface area contributed by atoms with Gasteiger partial charge < -0.3 is 5.32 Å². The molecule has 5 nitrogen and oxygen atoms in total. The fourth-order valence-corrected chi connectivity index (χ4v) is 1.12. The Labute approximate surface area is 89.8 Å². The number of hydrogen-bond donors (Lipinski definition) is 3. The van der Waals surface area contributed by atoms with Crippen molar-refractivity contribution >= 4 is 11.6 Å². The number of rotatable bonds is 2. The highest BCUT2D eigenvalue weighted by atomic mass is 15.3. The highest BCUT2D eigenvalue weighted by molar-refractivity contribution is 5.93. The molecular weight excluding hydrogens is 190 g/mol. The Balaban J connectivity index is 2.75. The second kappa shape index (κ2) is 5.31. The third kappa shape index (κ3) is 3.95. The number of guanidine groups is 1. The molecule has 0 aliphatic rings. The van der Waals surface area contributed by atoms with E-state index in [0.717, 1.165) is 11.3 Å². The Morgan fingerprint density at radius 3 is 2.73 bits per heavy atom. The number of hydrogen-bond acceptors (Lipinski definition) is 3. The summed E-state index contributed by atoms with van der Waals surface area (Å²) in [4.78, 5) is 8.33. The van der Waals surface area contributed by atoms with Gasteiger partial charge in [0.15, 0.2) is 0 Å². The van der Waals surface area contributed by atoms with Gasteiger partial charge in [-0.3, -0.25) is 10.4 Å². The van der Waals surface area contributed by atoms with E-state index in [4.69, 9.17) is 5.84 Å². The Kier molecular flexibility index (Phi) is 4.05. The maximum atomic E-state index is 5.34. The van der Waals surface area contributed by atoms with E-state index >= 15 is 0 Å². The third-order valence-electron chi connectivity index (χ3n) is 1.66. The van der Waals surface area contributed by atoms with E-state index in [1.54, 1.807) is 12.4 Å². The van der Waals surface area contributed by atoms with Crippen LogP contribution in [0.2, 0.25) is 0 Å². The van der Waals surface area contributed by atoms with Crippen LogP contribution in [0.3, 0.4) is 0 Å². The summed E-state index contributed by atoms with van der Waals surface area (Å²) in [6.45, 7) is 5.94. The van der Waals surface area contributed by atoms with Crippen molar-refractivity contribution in [1.29, 1.82) is 0 Å². The number of nitrogens with zero attached hydrogens (tertiary/aromatic N) is 2. The van der Waals surface area contributed by atoms with Gasteiger partial charge in [-0.15, -0.1) is 0 Å². The lowest BCUT2D eigenvalue weighted by atomic mass is 10.3. The van der Waals surface area contributed by atoms with E-state index in [1.807, 2.05) is 26.8 Å². The second-order valence-corrected chi connectivity index (χ2v) is 3.59. The van der Waals surface area contributed by atoms with Gasteiger partial charge in [0.05, 0.1) is 11.9 Å². The lowest BCUT2D eigenvalue weighted by Gasteiger charge is -2.10. The zero-order chi connectivity index (χ0) is 11.3. The van der Waals surface area contributed by atoms with E-state index in [1.165, 1.54) is 0 Å². The van der Waals surface area contributed by atoms with Crippen LogP contribution in [0.25, 0.3) is 0 Å². The van der Waals surface area contributed by atoms with Gasteiger partial charge in [0.25, 0.3) is 0 Å². The average Bonchev–Trinajstić information content (AvgIpc) is 2.16. The first-order chi connectivity index (χ1) is 7.11. The molecule has 0 spiro atoms. The lowest BCUT2D eigenvalue weighted by Crippen LogP contribution is -2.37. The van der Waals surface area contributed by atoms with Crippen LogP contribution < -0.4 is 16.6 Å². The molecule has 0 amide bonds. The van der Waals surface area contributed by atoms with E-state index in [-0.39, 0.29) is 6.04 Å². The van der Waals surface area contributed by atoms with Crippen LogP contribution in [0.5, 0.6) is 0 Å². The molecule has 0 atom stereocenters. The zero-order valence-electron chi connectivity index (χ0n) is 9.28. The summed E-state index contributed by atoms with van der Waals surface area (Å²) in [5.41, 5.74) is 4.46. The van der Waals surface area contributed by atoms with E-state index < -0.39 is 0 Å². The summed E-state index contributed by atoms with van der Waals surface area (Å²) in [7, 11) is 0. The number of anilines is 1. The molecule has 1 aromatic rings. The van der Waals surface area contributed by atoms with Gasteiger partial charge in [-0.25, -0.2) is 10.8 Å². The fraction of sp³-hybridized carbons (Fsp3) is 0.400. The number of aryl methyl sites for hydroxylation is 1. The lowest BCUT2D eigenvalue weighted by molar-refractivity contribution is 0.819. The smallest absolute Gasteiger partial charge is 0.210 e. The largest absolute Gasteiger partial charge is 0.324 e. The third-order valence-corrected chi connectivity index (χ3v) is 1.66. The molecule has 1 rings (SSSR count). The van der Waals surface area contributed by atoms with E-state index in [0.29, 0.717) is 5.96 Å². The predicted octanol–water partition coefficient (Wildman–Crippen LogP) is 1.03. The Morgan fingerprint density at radius 1 is 1.47 bits per heavy atom. The molecule has 0 aliphatic heterocycles. The zero-order valence-corrected chi connectivity index (χ0v) is 9.28. The summed E-state index contributed by atoms with van der Waals surface area (Å²) < 4.78 is 0. The molecule has 0 aromatic carbocycles. The maximum absolute atomic E-state index is 5.34. The summed E-state index contributed by atoms with van der Waals surface area (Å²) in [5, 5.41) is 3.05. The van der Waals surface area contributed by atoms with E-state index in [2.05, 4.69) is 20.7 Å². The molecule has 0 unspecified atom stereocenters. The minimum absolute atomic E-state index is 0.182. The van der Waals surface area contributed by atoms with Gasteiger partial charge in [-0.1, -0.05) is 0 Å². The first-order valence-corrected chi connectivity index (χ1v) is 4.85. The highest BCUT2D eigenvalue weighted by Gasteiger charge is 1.99. The Bertz CT molecular complexity index is 345. The van der Waals surface area contributed by atoms with Crippen molar-refractivity contribution < 1.29 is 0 Å². The van der Waals surface area contributed by atoms with E-state index in [9.17, 15) is 0 Å². The molecule has 15 heavy (non-hydrogen) atoms. The molecule has 4 N–H and O–H groups in total. The molecule has 82 valence electrons. The molecule has 0 fully saturated rings. The second-order valence-electron chi connectivity index (χ2n) is 3.59. The van der Waals surface area contributed by atoms with Crippen LogP contribution in [0.4, 0.5) is 5.69 Å². The van der Waals surface area contributed by atoms with Crippen LogP contribution in [0.15, 0.2) is 23.5 Å². The Hall–Kier alpha value is -1.62. The molecule has 0 radical (unpaired) electrons. The highest BCUT2D eigenvalue weighted by Crippen LogP contribution is 2.06. The topological polar surface area (TPSA) is 75.3 Å². The van der Waals surface area contributed by atoms with Crippen molar-refractivity contribution in [2.24, 2.45) is 10.8 Å². The molecule has 0 saturated carbocycles. The normalized spacial score (nSPS) is 11.7. The van der Waals surface area contributed by atoms with Crippen molar-refractivity contribution in [2.45, 2.75) is 26.8 Å². The van der Waals surface area contributed by atoms with Crippen LogP contribution >= 0.6 is 0 Å². The van der Waals surface area contributed by atoms with Gasteiger partial charge in [-0.2, -0.15) is 0 Å². The summed E-state index contributed by atoms with van der Waals surface area (Å²) >= 11 is 0. The molecule has 1 heterocycles. The van der Waals surface area contributed by atoms with Crippen molar-refractivity contribution in [2.75, 3.05) is 5.32 Å². The van der Waals surface area contributed by atoms with Crippen LogP contribution in [0.1, 0.15) is 19.4 Å². The molecule has 0 aliphatic carbocycles. The monoisotopic (exact) mass is 207 g/mol. The number of aliphatic imine (C=N–C) groups is 1. The maximum Gasteiger partial charge on any atom is 0.210 e. The van der Waals surface area contributed by atoms with Gasteiger partial charge in [0.2, 0.25) is 5.96 Å². The minimum Gasteiger partial charge on any atom is -0.324 e.